The van der Waals surface area contributed by atoms with E-state index in [1.54, 1.807) is 0 Å². The summed E-state index contributed by atoms with van der Waals surface area (Å²) in [7, 11) is 0. The monoisotopic (exact) mass is 323 g/mol. The molecule has 1 aliphatic rings. The number of nitrogens with one attached hydrogen (secondary N) is 1. The number of amides is 1. The number of carbonyl (C=O) groups is 1. The molecule has 2 nitrogen and oxygen atoms in total. The fourth-order valence-corrected chi connectivity index (χ4v) is 2.71. The lowest BCUT2D eigenvalue weighted by Crippen LogP contribution is -2.43. The maximum Gasteiger partial charge on any atom is 0.416 e. The van der Waals surface area contributed by atoms with Gasteiger partial charge in [-0.25, -0.2) is 4.39 Å². The highest BCUT2D eigenvalue weighted by Gasteiger charge is 2.32. The summed E-state index contributed by atoms with van der Waals surface area (Å²) in [4.78, 5) is 12.0. The Kier molecular flexibility index (Phi) is 4.76. The first-order valence-electron chi connectivity index (χ1n) is 6.60. The van der Waals surface area contributed by atoms with Gasteiger partial charge in [-0.1, -0.05) is 12.8 Å². The topological polar surface area (TPSA) is 29.1 Å². The molecule has 1 fully saturated rings. The number of alkyl halides is 4. The highest BCUT2D eigenvalue weighted by molar-refractivity contribution is 6.21. The first-order valence-corrected chi connectivity index (χ1v) is 7.04. The van der Waals surface area contributed by atoms with Gasteiger partial charge in [-0.15, -0.1) is 11.6 Å². The molecule has 7 heteroatoms. The Morgan fingerprint density at radius 1 is 1.24 bits per heavy atom. The van der Waals surface area contributed by atoms with E-state index in [2.05, 4.69) is 5.32 Å². The second-order valence-electron chi connectivity index (χ2n) is 5.07. The van der Waals surface area contributed by atoms with E-state index in [0.717, 1.165) is 19.3 Å². The zero-order chi connectivity index (χ0) is 15.6. The molecule has 2 atom stereocenters. The molecular formula is C14H14ClF4NO. The van der Waals surface area contributed by atoms with E-state index in [1.165, 1.54) is 0 Å². The van der Waals surface area contributed by atoms with E-state index in [1.807, 2.05) is 0 Å². The summed E-state index contributed by atoms with van der Waals surface area (Å²) in [6.45, 7) is 0. The van der Waals surface area contributed by atoms with E-state index >= 15 is 0 Å². The van der Waals surface area contributed by atoms with Crippen LogP contribution in [0.4, 0.5) is 17.6 Å². The van der Waals surface area contributed by atoms with Crippen LogP contribution in [0, 0.1) is 5.82 Å². The lowest BCUT2D eigenvalue weighted by atomic mass is 9.94. The van der Waals surface area contributed by atoms with Crippen molar-refractivity contribution in [1.82, 2.24) is 5.32 Å². The van der Waals surface area contributed by atoms with Crippen molar-refractivity contribution < 1.29 is 22.4 Å². The highest BCUT2D eigenvalue weighted by atomic mass is 35.5. The van der Waals surface area contributed by atoms with Gasteiger partial charge in [0.1, 0.15) is 5.82 Å². The fourth-order valence-electron chi connectivity index (χ4n) is 2.37. The molecule has 2 rings (SSSR count). The van der Waals surface area contributed by atoms with Crippen molar-refractivity contribution in [2.45, 2.75) is 43.3 Å². The molecule has 0 bridgehead atoms. The van der Waals surface area contributed by atoms with Gasteiger partial charge in [-0.2, -0.15) is 13.2 Å². The molecule has 0 saturated heterocycles. The van der Waals surface area contributed by atoms with Crippen LogP contribution < -0.4 is 5.32 Å². The molecule has 2 unspecified atom stereocenters. The molecule has 116 valence electrons. The van der Waals surface area contributed by atoms with Crippen molar-refractivity contribution in [3.05, 3.63) is 35.1 Å². The summed E-state index contributed by atoms with van der Waals surface area (Å²) >= 11 is 6.07. The lowest BCUT2D eigenvalue weighted by molar-refractivity contribution is -0.137. The Bertz CT molecular complexity index is 532. The molecule has 0 aliphatic heterocycles. The van der Waals surface area contributed by atoms with Crippen molar-refractivity contribution in [2.75, 3.05) is 0 Å². The minimum atomic E-state index is -4.62. The van der Waals surface area contributed by atoms with E-state index < -0.39 is 29.0 Å². The largest absolute Gasteiger partial charge is 0.416 e. The van der Waals surface area contributed by atoms with Crippen LogP contribution in [-0.2, 0) is 6.18 Å². The second-order valence-corrected chi connectivity index (χ2v) is 5.63. The predicted molar refractivity (Wildman–Crippen MR) is 70.8 cm³/mol. The number of hydrogen-bond donors (Lipinski definition) is 1. The maximum atomic E-state index is 13.6. The third kappa shape index (κ3) is 3.87. The van der Waals surface area contributed by atoms with Gasteiger partial charge in [0.2, 0.25) is 0 Å². The minimum absolute atomic E-state index is 0.281. The third-order valence-corrected chi connectivity index (χ3v) is 4.06. The first kappa shape index (κ1) is 16.1. The summed E-state index contributed by atoms with van der Waals surface area (Å²) < 4.78 is 51.4. The molecule has 1 saturated carbocycles. The van der Waals surface area contributed by atoms with Gasteiger partial charge in [0.05, 0.1) is 16.5 Å². The summed E-state index contributed by atoms with van der Waals surface area (Å²) in [6, 6.07) is 1.44. The molecule has 1 aromatic rings. The number of halogens is 5. The Morgan fingerprint density at radius 3 is 2.52 bits per heavy atom. The van der Waals surface area contributed by atoms with Crippen molar-refractivity contribution in [2.24, 2.45) is 0 Å². The molecule has 1 aliphatic carbocycles. The van der Waals surface area contributed by atoms with Crippen LogP contribution in [0.25, 0.3) is 0 Å². The van der Waals surface area contributed by atoms with Gasteiger partial charge in [0, 0.05) is 6.04 Å². The summed E-state index contributed by atoms with van der Waals surface area (Å²) in [6.07, 6.45) is -1.45. The minimum Gasteiger partial charge on any atom is -0.348 e. The molecule has 1 N–H and O–H groups in total. The SMILES string of the molecule is O=C(NC1CCCCC1Cl)c1cc(C(F)(F)F)ccc1F. The van der Waals surface area contributed by atoms with Crippen LogP contribution in [0.5, 0.6) is 0 Å². The molecule has 1 aromatic carbocycles. The van der Waals surface area contributed by atoms with Gasteiger partial charge in [-0.3, -0.25) is 4.79 Å². The molecule has 1 amide bonds. The Morgan fingerprint density at radius 2 is 1.90 bits per heavy atom. The van der Waals surface area contributed by atoms with Crippen molar-refractivity contribution in [1.29, 1.82) is 0 Å². The van der Waals surface area contributed by atoms with Crippen LogP contribution in [0.1, 0.15) is 41.6 Å². The zero-order valence-corrected chi connectivity index (χ0v) is 11.8. The normalized spacial score (nSPS) is 22.9. The fraction of sp³-hybridized carbons (Fsp3) is 0.500. The molecule has 0 radical (unpaired) electrons. The van der Waals surface area contributed by atoms with Gasteiger partial charge < -0.3 is 5.32 Å². The molecule has 21 heavy (non-hydrogen) atoms. The van der Waals surface area contributed by atoms with Crippen molar-refractivity contribution in [3.63, 3.8) is 0 Å². The van der Waals surface area contributed by atoms with Crippen LogP contribution in [-0.4, -0.2) is 17.3 Å². The third-order valence-electron chi connectivity index (χ3n) is 3.54. The molecule has 0 heterocycles. The molecule has 0 aromatic heterocycles. The maximum absolute atomic E-state index is 13.6. The van der Waals surface area contributed by atoms with E-state index in [4.69, 9.17) is 11.6 Å². The number of hydrogen-bond acceptors (Lipinski definition) is 1. The van der Waals surface area contributed by atoms with Crippen LogP contribution in [0.3, 0.4) is 0 Å². The summed E-state index contributed by atoms with van der Waals surface area (Å²) in [5, 5.41) is 2.25. The molecular weight excluding hydrogens is 310 g/mol. The van der Waals surface area contributed by atoms with Gasteiger partial charge in [0.15, 0.2) is 0 Å². The van der Waals surface area contributed by atoms with Crippen molar-refractivity contribution in [3.8, 4) is 0 Å². The van der Waals surface area contributed by atoms with Crippen LogP contribution >= 0.6 is 11.6 Å². The number of benzene rings is 1. The standard InChI is InChI=1S/C14H14ClF4NO/c15-10-3-1-2-4-12(10)20-13(21)9-7-8(14(17,18)19)5-6-11(9)16/h5-7,10,12H,1-4H2,(H,20,21). The highest BCUT2D eigenvalue weighted by Crippen LogP contribution is 2.30. The summed E-state index contributed by atoms with van der Waals surface area (Å²) in [5.41, 5.74) is -1.67. The van der Waals surface area contributed by atoms with Gasteiger partial charge in [0.25, 0.3) is 5.91 Å². The Balaban J connectivity index is 2.18. The van der Waals surface area contributed by atoms with E-state index in [0.29, 0.717) is 24.6 Å². The second kappa shape index (κ2) is 6.22. The van der Waals surface area contributed by atoms with Gasteiger partial charge in [-0.05, 0) is 31.0 Å². The average Bonchev–Trinajstić information content (AvgIpc) is 2.40. The number of rotatable bonds is 2. The zero-order valence-electron chi connectivity index (χ0n) is 11.0. The van der Waals surface area contributed by atoms with Crippen LogP contribution in [0.2, 0.25) is 0 Å². The first-order chi connectivity index (χ1) is 9.79. The van der Waals surface area contributed by atoms with Gasteiger partial charge >= 0.3 is 6.18 Å². The van der Waals surface area contributed by atoms with Crippen LogP contribution in [0.15, 0.2) is 18.2 Å². The predicted octanol–water partition coefficient (Wildman–Crippen LogP) is 4.12. The Labute approximate surface area is 124 Å². The number of carbonyl (C=O) groups excluding carboxylic acids is 1. The van der Waals surface area contributed by atoms with E-state index in [-0.39, 0.29) is 11.4 Å². The smallest absolute Gasteiger partial charge is 0.348 e. The van der Waals surface area contributed by atoms with E-state index in [9.17, 15) is 22.4 Å². The average molecular weight is 324 g/mol. The lowest BCUT2D eigenvalue weighted by Gasteiger charge is -2.28. The Hall–Kier alpha value is -1.30. The van der Waals surface area contributed by atoms with Crippen molar-refractivity contribution >= 4 is 17.5 Å². The molecule has 0 spiro atoms. The quantitative estimate of drug-likeness (QED) is 0.643. The summed E-state index contributed by atoms with van der Waals surface area (Å²) in [5.74, 6) is -1.85.